The van der Waals surface area contributed by atoms with E-state index in [1.807, 2.05) is 14.0 Å². The maximum atomic E-state index is 4.60. The summed E-state index contributed by atoms with van der Waals surface area (Å²) in [6.07, 6.45) is 1.87. The van der Waals surface area contributed by atoms with Crippen LogP contribution < -0.4 is 11.2 Å². The van der Waals surface area contributed by atoms with Crippen molar-refractivity contribution in [2.24, 2.45) is 0 Å². The molecule has 0 unspecified atom stereocenters. The number of rotatable bonds is 1. The van der Waals surface area contributed by atoms with Crippen molar-refractivity contribution < 1.29 is 0 Å². The Morgan fingerprint density at radius 1 is 1.38 bits per heavy atom. The van der Waals surface area contributed by atoms with E-state index in [1.54, 1.807) is 0 Å². The highest BCUT2D eigenvalue weighted by Crippen LogP contribution is 2.15. The van der Waals surface area contributed by atoms with Gasteiger partial charge in [0.15, 0.2) is 15.1 Å². The molecule has 0 radical (unpaired) electrons. The third-order valence-electron chi connectivity index (χ3n) is 2.08. The Hall–Kier alpha value is -0.790. The van der Waals surface area contributed by atoms with E-state index in [2.05, 4.69) is 37.6 Å². The van der Waals surface area contributed by atoms with Crippen molar-refractivity contribution in [1.82, 2.24) is 9.97 Å². The van der Waals surface area contributed by atoms with E-state index < -0.39 is 0 Å². The highest BCUT2D eigenvalue weighted by molar-refractivity contribution is 6.50. The topological polar surface area (TPSA) is 25.8 Å². The van der Waals surface area contributed by atoms with Crippen LogP contribution in [-0.4, -0.2) is 25.1 Å². The molecule has 0 saturated heterocycles. The van der Waals surface area contributed by atoms with Crippen LogP contribution >= 0.6 is 0 Å². The average Bonchev–Trinajstić information content (AvgIpc) is 2.03. The summed E-state index contributed by atoms with van der Waals surface area (Å²) in [6, 6.07) is 0. The van der Waals surface area contributed by atoms with Gasteiger partial charge in [0.05, 0.1) is 5.69 Å². The molecule has 1 aromatic rings. The highest BCUT2D eigenvalue weighted by Gasteiger charge is 2.18. The Morgan fingerprint density at radius 2 is 2.00 bits per heavy atom. The Bertz CT molecular complexity index is 305. The van der Waals surface area contributed by atoms with Gasteiger partial charge in [-0.1, -0.05) is 27.6 Å². The molecule has 0 spiro atoms. The molecule has 1 heterocycles. The summed E-state index contributed by atoms with van der Waals surface area (Å²) in [6.45, 7) is 8.61. The van der Waals surface area contributed by atoms with E-state index in [4.69, 9.17) is 0 Å². The van der Waals surface area contributed by atoms with Crippen molar-refractivity contribution in [3.63, 3.8) is 0 Å². The lowest BCUT2D eigenvalue weighted by Gasteiger charge is -2.20. The molecule has 68 valence electrons. The van der Waals surface area contributed by atoms with Gasteiger partial charge in [-0.3, -0.25) is 9.97 Å². The van der Waals surface area contributed by atoms with Crippen molar-refractivity contribution in [2.45, 2.75) is 33.0 Å². The molecule has 1 rings (SSSR count). The van der Waals surface area contributed by atoms with Gasteiger partial charge in [0.1, 0.15) is 0 Å². The fraction of sp³-hybridized carbons (Fsp3) is 0.556. The molecule has 0 aromatic carbocycles. The predicted octanol–water partition coefficient (Wildman–Crippen LogP) is -0.858. The molecule has 0 aliphatic heterocycles. The van der Waals surface area contributed by atoms with Gasteiger partial charge in [-0.05, 0) is 0 Å². The molecule has 0 aliphatic carbocycles. The Kier molecular flexibility index (Phi) is 2.79. The molecule has 0 fully saturated rings. The van der Waals surface area contributed by atoms with Gasteiger partial charge in [-0.25, -0.2) is 0 Å². The fourth-order valence-corrected chi connectivity index (χ4v) is 1.37. The van der Waals surface area contributed by atoms with Crippen molar-refractivity contribution in [3.8, 4) is 0 Å². The first-order valence-electron chi connectivity index (χ1n) is 4.78. The van der Waals surface area contributed by atoms with Gasteiger partial charge < -0.3 is 0 Å². The van der Waals surface area contributed by atoms with Crippen LogP contribution in [-0.2, 0) is 5.41 Å². The van der Waals surface area contributed by atoms with Crippen LogP contribution in [0.25, 0.3) is 0 Å². The molecular weight excluding hydrogens is 158 g/mol. The van der Waals surface area contributed by atoms with Crippen LogP contribution in [0.1, 0.15) is 26.5 Å². The maximum Gasteiger partial charge on any atom is 0.181 e. The second-order valence-electron chi connectivity index (χ2n) is 4.40. The van der Waals surface area contributed by atoms with Gasteiger partial charge in [-0.2, -0.15) is 0 Å². The number of hydrogen-bond acceptors (Lipinski definition) is 2. The third-order valence-corrected chi connectivity index (χ3v) is 2.08. The lowest BCUT2D eigenvalue weighted by Crippen LogP contribution is -2.33. The van der Waals surface area contributed by atoms with Crippen molar-refractivity contribution in [2.75, 3.05) is 0 Å². The summed E-state index contributed by atoms with van der Waals surface area (Å²) in [7, 11) is 2.98. The largest absolute Gasteiger partial charge is 0.269 e. The van der Waals surface area contributed by atoms with E-state index in [-0.39, 0.29) is 5.41 Å². The zero-order valence-corrected chi connectivity index (χ0v) is 9.18. The molecule has 13 heavy (non-hydrogen) atoms. The summed E-state index contributed by atoms with van der Waals surface area (Å²) in [5.74, 6) is 0. The lowest BCUT2D eigenvalue weighted by atomic mass is 9.77. The molecule has 0 amide bonds. The normalized spacial score (nSPS) is 11.4. The quantitative estimate of drug-likeness (QED) is 0.517. The van der Waals surface area contributed by atoms with Crippen LogP contribution in [0.4, 0.5) is 0 Å². The average molecular weight is 174 g/mol. The SMILES string of the molecule is Bc1ncc(BC)nc1C(C)(C)C. The fourth-order valence-electron chi connectivity index (χ4n) is 1.37. The second kappa shape index (κ2) is 3.52. The van der Waals surface area contributed by atoms with Crippen molar-refractivity contribution in [3.05, 3.63) is 11.9 Å². The summed E-state index contributed by atoms with van der Waals surface area (Å²) in [4.78, 5) is 8.95. The standard InChI is InChI=1S/C9H16B2N2/c1-9(2,3)7-8(10)12-5-6(11-4)13-7/h5,11H,10H2,1-4H3. The van der Waals surface area contributed by atoms with Crippen molar-refractivity contribution in [1.29, 1.82) is 0 Å². The number of nitrogens with zero attached hydrogens (tertiary/aromatic N) is 2. The Labute approximate surface area is 81.8 Å². The minimum Gasteiger partial charge on any atom is -0.269 e. The monoisotopic (exact) mass is 174 g/mol. The van der Waals surface area contributed by atoms with E-state index in [1.165, 1.54) is 0 Å². The molecular formula is C9H16B2N2. The molecule has 0 saturated carbocycles. The van der Waals surface area contributed by atoms with Crippen LogP contribution in [0, 0.1) is 0 Å². The first-order valence-corrected chi connectivity index (χ1v) is 4.78. The van der Waals surface area contributed by atoms with E-state index in [0.29, 0.717) is 0 Å². The van der Waals surface area contributed by atoms with Crippen LogP contribution in [0.15, 0.2) is 6.20 Å². The summed E-state index contributed by atoms with van der Waals surface area (Å²) >= 11 is 0. The molecule has 0 N–H and O–H groups in total. The molecule has 4 heteroatoms. The van der Waals surface area contributed by atoms with Crippen LogP contribution in [0.2, 0.25) is 6.82 Å². The van der Waals surface area contributed by atoms with Crippen molar-refractivity contribution >= 4 is 26.3 Å². The first kappa shape index (κ1) is 10.3. The molecule has 1 aromatic heterocycles. The zero-order chi connectivity index (χ0) is 10.1. The smallest absolute Gasteiger partial charge is 0.181 e. The van der Waals surface area contributed by atoms with Crippen LogP contribution in [0.3, 0.4) is 0 Å². The molecule has 0 bridgehead atoms. The van der Waals surface area contributed by atoms with Gasteiger partial charge in [0, 0.05) is 22.8 Å². The minimum atomic E-state index is 0.0995. The summed E-state index contributed by atoms with van der Waals surface area (Å²) in [5.41, 5.74) is 3.34. The molecule has 0 aliphatic rings. The second-order valence-corrected chi connectivity index (χ2v) is 4.40. The summed E-state index contributed by atoms with van der Waals surface area (Å²) < 4.78 is 0. The molecule has 2 nitrogen and oxygen atoms in total. The number of hydrogen-bond donors (Lipinski definition) is 0. The van der Waals surface area contributed by atoms with Gasteiger partial charge in [-0.15, -0.1) is 0 Å². The Balaban J connectivity index is 3.19. The van der Waals surface area contributed by atoms with Crippen LogP contribution in [0.5, 0.6) is 0 Å². The van der Waals surface area contributed by atoms with Gasteiger partial charge >= 0.3 is 0 Å². The highest BCUT2D eigenvalue weighted by atomic mass is 14.8. The lowest BCUT2D eigenvalue weighted by molar-refractivity contribution is 0.572. The predicted molar refractivity (Wildman–Crippen MR) is 61.6 cm³/mol. The zero-order valence-electron chi connectivity index (χ0n) is 9.18. The first-order chi connectivity index (χ1) is 5.95. The van der Waals surface area contributed by atoms with Gasteiger partial charge in [0.2, 0.25) is 0 Å². The summed E-state index contributed by atoms with van der Waals surface area (Å²) in [5, 5.41) is 0. The van der Waals surface area contributed by atoms with E-state index in [9.17, 15) is 0 Å². The molecule has 0 atom stereocenters. The van der Waals surface area contributed by atoms with Gasteiger partial charge in [0.25, 0.3) is 0 Å². The Morgan fingerprint density at radius 3 is 2.46 bits per heavy atom. The van der Waals surface area contributed by atoms with E-state index in [0.717, 1.165) is 24.2 Å². The number of aromatic nitrogens is 2. The maximum absolute atomic E-state index is 4.60. The minimum absolute atomic E-state index is 0.0995. The third kappa shape index (κ3) is 2.33. The van der Waals surface area contributed by atoms with E-state index >= 15 is 0 Å².